The monoisotopic (exact) mass is 414 g/mol. The highest BCUT2D eigenvalue weighted by Gasteiger charge is 2.35. The Labute approximate surface area is 174 Å². The zero-order valence-electron chi connectivity index (χ0n) is 16.8. The van der Waals surface area contributed by atoms with Crippen LogP contribution in [-0.4, -0.2) is 40.0 Å². The summed E-state index contributed by atoms with van der Waals surface area (Å²) >= 11 is 1.23. The Morgan fingerprint density at radius 1 is 1.38 bits per heavy atom. The summed E-state index contributed by atoms with van der Waals surface area (Å²) in [4.78, 5) is 30.4. The van der Waals surface area contributed by atoms with Gasteiger partial charge in [0.2, 0.25) is 5.91 Å². The number of methoxy groups -OCH3 is 1. The standard InChI is InChI=1S/C21H26N4O3S/c1-15(18(26)24-21(14-22)10-6-3-7-11-21)29-20-23-17-9-5-4-8-16(17)19(27)25(20)12-13-28-2/h4-5,8-9,15H,3,6-7,10-13H2,1-2H3,(H,24,26)/t15-/m1/s1. The van der Waals surface area contributed by atoms with Gasteiger partial charge in [-0.1, -0.05) is 43.2 Å². The molecule has 0 radical (unpaired) electrons. The fourth-order valence-electron chi connectivity index (χ4n) is 3.59. The molecule has 1 amide bonds. The lowest BCUT2D eigenvalue weighted by molar-refractivity contribution is -0.121. The number of ether oxygens (including phenoxy) is 1. The summed E-state index contributed by atoms with van der Waals surface area (Å²) in [6, 6.07) is 9.49. The molecule has 0 bridgehead atoms. The average Bonchev–Trinajstić information content (AvgIpc) is 2.74. The molecule has 8 heteroatoms. The minimum Gasteiger partial charge on any atom is -0.383 e. The summed E-state index contributed by atoms with van der Waals surface area (Å²) in [7, 11) is 1.58. The van der Waals surface area contributed by atoms with Gasteiger partial charge < -0.3 is 10.1 Å². The van der Waals surface area contributed by atoms with Gasteiger partial charge in [0.1, 0.15) is 5.54 Å². The largest absolute Gasteiger partial charge is 0.383 e. The molecule has 1 aliphatic carbocycles. The van der Waals surface area contributed by atoms with Gasteiger partial charge in [-0.2, -0.15) is 5.26 Å². The smallest absolute Gasteiger partial charge is 0.262 e. The molecule has 29 heavy (non-hydrogen) atoms. The first-order valence-electron chi connectivity index (χ1n) is 9.88. The maximum atomic E-state index is 12.9. The van der Waals surface area contributed by atoms with E-state index in [1.165, 1.54) is 11.8 Å². The fourth-order valence-corrected chi connectivity index (χ4v) is 4.52. The zero-order chi connectivity index (χ0) is 20.9. The van der Waals surface area contributed by atoms with E-state index < -0.39 is 10.8 Å². The second kappa shape index (κ2) is 9.42. The molecule has 1 saturated carbocycles. The van der Waals surface area contributed by atoms with E-state index in [9.17, 15) is 14.9 Å². The highest BCUT2D eigenvalue weighted by molar-refractivity contribution is 8.00. The molecule has 2 aromatic rings. The Hall–Kier alpha value is -2.37. The highest BCUT2D eigenvalue weighted by Crippen LogP contribution is 2.29. The van der Waals surface area contributed by atoms with Crippen molar-refractivity contribution in [2.75, 3.05) is 13.7 Å². The zero-order valence-corrected chi connectivity index (χ0v) is 17.6. The van der Waals surface area contributed by atoms with Crippen molar-refractivity contribution in [2.45, 2.75) is 61.5 Å². The van der Waals surface area contributed by atoms with E-state index in [2.05, 4.69) is 16.4 Å². The van der Waals surface area contributed by atoms with Crippen molar-refractivity contribution < 1.29 is 9.53 Å². The molecule has 1 aromatic heterocycles. The molecule has 0 aliphatic heterocycles. The molecule has 1 aliphatic rings. The predicted octanol–water partition coefficient (Wildman–Crippen LogP) is 2.87. The Morgan fingerprint density at radius 3 is 2.79 bits per heavy atom. The van der Waals surface area contributed by atoms with Crippen LogP contribution in [-0.2, 0) is 16.1 Å². The van der Waals surface area contributed by atoms with Crippen LogP contribution in [0.25, 0.3) is 10.9 Å². The maximum absolute atomic E-state index is 12.9. The van der Waals surface area contributed by atoms with E-state index in [0.717, 1.165) is 19.3 Å². The van der Waals surface area contributed by atoms with Gasteiger partial charge in [-0.05, 0) is 31.9 Å². The number of nitriles is 1. The number of hydrogen-bond acceptors (Lipinski definition) is 6. The molecule has 154 valence electrons. The Kier molecular flexibility index (Phi) is 6.93. The molecule has 7 nitrogen and oxygen atoms in total. The van der Waals surface area contributed by atoms with Crippen LogP contribution in [0, 0.1) is 11.3 Å². The Morgan fingerprint density at radius 2 is 2.10 bits per heavy atom. The summed E-state index contributed by atoms with van der Waals surface area (Å²) in [5.41, 5.74) is -0.331. The Balaban J connectivity index is 1.85. The van der Waals surface area contributed by atoms with Gasteiger partial charge in [0.05, 0.1) is 35.4 Å². The van der Waals surface area contributed by atoms with Crippen molar-refractivity contribution >= 4 is 28.6 Å². The third kappa shape index (κ3) is 4.80. The molecular weight excluding hydrogens is 388 g/mol. The molecule has 1 heterocycles. The number of para-hydroxylation sites is 1. The normalized spacial score (nSPS) is 16.9. The molecular formula is C21H26N4O3S. The number of rotatable bonds is 7. The maximum Gasteiger partial charge on any atom is 0.262 e. The predicted molar refractivity (Wildman–Crippen MR) is 113 cm³/mol. The number of carbonyl (C=O) groups excluding carboxylic acids is 1. The third-order valence-corrected chi connectivity index (χ3v) is 6.37. The summed E-state index contributed by atoms with van der Waals surface area (Å²) in [6.45, 7) is 2.49. The number of benzene rings is 1. The van der Waals surface area contributed by atoms with Gasteiger partial charge in [0.25, 0.3) is 5.56 Å². The van der Waals surface area contributed by atoms with Crippen LogP contribution in [0.4, 0.5) is 0 Å². The molecule has 1 aromatic carbocycles. The average molecular weight is 415 g/mol. The van der Waals surface area contributed by atoms with Gasteiger partial charge in [0, 0.05) is 7.11 Å². The first kappa shape index (κ1) is 21.3. The second-order valence-electron chi connectivity index (χ2n) is 7.37. The number of thioether (sulfide) groups is 1. The number of nitrogens with zero attached hydrogens (tertiary/aromatic N) is 3. The topological polar surface area (TPSA) is 97.0 Å². The lowest BCUT2D eigenvalue weighted by Gasteiger charge is -2.32. The van der Waals surface area contributed by atoms with Crippen molar-refractivity contribution in [3.63, 3.8) is 0 Å². The number of hydrogen-bond donors (Lipinski definition) is 1. The lowest BCUT2D eigenvalue weighted by Crippen LogP contribution is -2.51. The van der Waals surface area contributed by atoms with Gasteiger partial charge in [-0.25, -0.2) is 4.98 Å². The van der Waals surface area contributed by atoms with E-state index in [0.29, 0.717) is 42.1 Å². The van der Waals surface area contributed by atoms with Crippen molar-refractivity contribution in [3.05, 3.63) is 34.6 Å². The second-order valence-corrected chi connectivity index (χ2v) is 8.67. The lowest BCUT2D eigenvalue weighted by atomic mass is 9.83. The molecule has 0 unspecified atom stereocenters. The summed E-state index contributed by atoms with van der Waals surface area (Å²) in [5.74, 6) is -0.209. The minimum atomic E-state index is -0.781. The number of amides is 1. The van der Waals surface area contributed by atoms with E-state index in [4.69, 9.17) is 4.74 Å². The van der Waals surface area contributed by atoms with E-state index in [1.54, 1.807) is 36.8 Å². The Bertz CT molecular complexity index is 976. The first-order valence-corrected chi connectivity index (χ1v) is 10.8. The molecule has 0 spiro atoms. The van der Waals surface area contributed by atoms with Crippen molar-refractivity contribution in [2.24, 2.45) is 0 Å². The van der Waals surface area contributed by atoms with Gasteiger partial charge in [0.15, 0.2) is 5.16 Å². The SMILES string of the molecule is COCCn1c(S[C@H](C)C(=O)NC2(C#N)CCCCC2)nc2ccccc2c1=O. The quantitative estimate of drug-likeness (QED) is 0.553. The number of nitrogens with one attached hydrogen (secondary N) is 1. The van der Waals surface area contributed by atoms with Crippen LogP contribution in [0.5, 0.6) is 0 Å². The van der Waals surface area contributed by atoms with E-state index >= 15 is 0 Å². The molecule has 1 fully saturated rings. The number of aromatic nitrogens is 2. The fraction of sp³-hybridized carbons (Fsp3) is 0.524. The number of fused-ring (bicyclic) bond motifs is 1. The first-order chi connectivity index (χ1) is 14.0. The minimum absolute atomic E-state index is 0.150. The molecule has 1 N–H and O–H groups in total. The van der Waals surface area contributed by atoms with Gasteiger partial charge >= 0.3 is 0 Å². The third-order valence-electron chi connectivity index (χ3n) is 5.28. The van der Waals surface area contributed by atoms with Crippen molar-refractivity contribution in [1.29, 1.82) is 5.26 Å². The van der Waals surface area contributed by atoms with E-state index in [-0.39, 0.29) is 11.5 Å². The summed E-state index contributed by atoms with van der Waals surface area (Å²) in [5, 5.41) is 13.1. The van der Waals surface area contributed by atoms with Crippen LogP contribution in [0.1, 0.15) is 39.0 Å². The summed E-state index contributed by atoms with van der Waals surface area (Å²) in [6.07, 6.45) is 4.34. The van der Waals surface area contributed by atoms with E-state index in [1.807, 2.05) is 6.07 Å². The van der Waals surface area contributed by atoms with Crippen molar-refractivity contribution in [1.82, 2.24) is 14.9 Å². The van der Waals surface area contributed by atoms with Crippen LogP contribution in [0.2, 0.25) is 0 Å². The van der Waals surface area contributed by atoms with Crippen molar-refractivity contribution in [3.8, 4) is 6.07 Å². The molecule has 1 atom stereocenters. The van der Waals surface area contributed by atoms with Crippen LogP contribution < -0.4 is 10.9 Å². The van der Waals surface area contributed by atoms with Crippen LogP contribution >= 0.6 is 11.8 Å². The van der Waals surface area contributed by atoms with Gasteiger partial charge in [-0.3, -0.25) is 14.2 Å². The highest BCUT2D eigenvalue weighted by atomic mass is 32.2. The van der Waals surface area contributed by atoms with Gasteiger partial charge in [-0.15, -0.1) is 0 Å². The molecule has 3 rings (SSSR count). The van der Waals surface area contributed by atoms with Crippen LogP contribution in [0.3, 0.4) is 0 Å². The van der Waals surface area contributed by atoms with Crippen LogP contribution in [0.15, 0.2) is 34.2 Å². The summed E-state index contributed by atoms with van der Waals surface area (Å²) < 4.78 is 6.69. The number of carbonyl (C=O) groups is 1. The molecule has 0 saturated heterocycles.